The van der Waals surface area contributed by atoms with Crippen LogP contribution >= 0.6 is 11.6 Å². The number of carboxylic acids is 1. The summed E-state index contributed by atoms with van der Waals surface area (Å²) in [5.41, 5.74) is 0.967. The highest BCUT2D eigenvalue weighted by Gasteiger charge is 2.25. The SMILES string of the molecule is COc1ccc([C@H](NC(=O)c2oc(C)cc2C)C(=O)O)cc1Cl. The number of carbonyl (C=O) groups is 2. The van der Waals surface area contributed by atoms with Crippen molar-refractivity contribution >= 4 is 23.5 Å². The molecule has 0 saturated carbocycles. The van der Waals surface area contributed by atoms with Crippen molar-refractivity contribution < 1.29 is 23.8 Å². The van der Waals surface area contributed by atoms with Gasteiger partial charge in [0.1, 0.15) is 11.5 Å². The first-order chi connectivity index (χ1) is 10.8. The van der Waals surface area contributed by atoms with Gasteiger partial charge in [-0.3, -0.25) is 4.79 Å². The van der Waals surface area contributed by atoms with Crippen LogP contribution in [0, 0.1) is 13.8 Å². The molecule has 0 unspecified atom stereocenters. The van der Waals surface area contributed by atoms with Gasteiger partial charge in [0, 0.05) is 5.56 Å². The van der Waals surface area contributed by atoms with Crippen molar-refractivity contribution in [1.82, 2.24) is 5.32 Å². The van der Waals surface area contributed by atoms with Gasteiger partial charge in [0.2, 0.25) is 0 Å². The molecule has 122 valence electrons. The Labute approximate surface area is 138 Å². The summed E-state index contributed by atoms with van der Waals surface area (Å²) < 4.78 is 10.3. The number of furan rings is 1. The molecule has 0 spiro atoms. The third-order valence-corrected chi connectivity index (χ3v) is 3.57. The molecule has 0 radical (unpaired) electrons. The predicted molar refractivity (Wildman–Crippen MR) is 84.0 cm³/mol. The van der Waals surface area contributed by atoms with Crippen LogP contribution in [0.1, 0.15) is 33.5 Å². The van der Waals surface area contributed by atoms with Crippen molar-refractivity contribution in [2.24, 2.45) is 0 Å². The smallest absolute Gasteiger partial charge is 0.330 e. The molecule has 0 fully saturated rings. The van der Waals surface area contributed by atoms with Gasteiger partial charge in [-0.25, -0.2) is 4.79 Å². The highest BCUT2D eigenvalue weighted by Crippen LogP contribution is 2.28. The van der Waals surface area contributed by atoms with E-state index in [1.165, 1.54) is 19.2 Å². The second kappa shape index (κ2) is 6.75. The molecule has 23 heavy (non-hydrogen) atoms. The molecule has 0 aliphatic rings. The first kappa shape index (κ1) is 16.9. The highest BCUT2D eigenvalue weighted by atomic mass is 35.5. The fourth-order valence-electron chi connectivity index (χ4n) is 2.21. The molecule has 0 aliphatic carbocycles. The van der Waals surface area contributed by atoms with E-state index in [4.69, 9.17) is 20.8 Å². The summed E-state index contributed by atoms with van der Waals surface area (Å²) in [6.07, 6.45) is 0. The molecule has 2 N–H and O–H groups in total. The Bertz CT molecular complexity index is 753. The second-order valence-corrected chi connectivity index (χ2v) is 5.42. The van der Waals surface area contributed by atoms with E-state index in [-0.39, 0.29) is 10.8 Å². The Hall–Kier alpha value is -2.47. The predicted octanol–water partition coefficient (Wildman–Crippen LogP) is 3.11. The van der Waals surface area contributed by atoms with Crippen LogP contribution in [0.3, 0.4) is 0 Å². The van der Waals surface area contributed by atoms with E-state index in [1.807, 2.05) is 0 Å². The van der Waals surface area contributed by atoms with Gasteiger partial charge in [0.25, 0.3) is 5.91 Å². The molecule has 1 amide bonds. The first-order valence-electron chi connectivity index (χ1n) is 6.77. The lowest BCUT2D eigenvalue weighted by atomic mass is 10.1. The van der Waals surface area contributed by atoms with Crippen LogP contribution in [0.15, 0.2) is 28.7 Å². The average molecular weight is 338 g/mol. The summed E-state index contributed by atoms with van der Waals surface area (Å²) >= 11 is 6.01. The maximum absolute atomic E-state index is 12.2. The zero-order valence-electron chi connectivity index (χ0n) is 12.8. The van der Waals surface area contributed by atoms with Crippen molar-refractivity contribution in [2.45, 2.75) is 19.9 Å². The van der Waals surface area contributed by atoms with E-state index >= 15 is 0 Å². The van der Waals surface area contributed by atoms with Crippen LogP contribution in [0.2, 0.25) is 5.02 Å². The molecule has 1 heterocycles. The second-order valence-electron chi connectivity index (χ2n) is 5.01. The largest absolute Gasteiger partial charge is 0.495 e. The summed E-state index contributed by atoms with van der Waals surface area (Å²) in [4.78, 5) is 23.8. The molecule has 7 heteroatoms. The fourth-order valence-corrected chi connectivity index (χ4v) is 2.48. The van der Waals surface area contributed by atoms with Crippen molar-refractivity contribution in [1.29, 1.82) is 0 Å². The minimum atomic E-state index is -1.25. The third kappa shape index (κ3) is 3.65. The molecular weight excluding hydrogens is 322 g/mol. The van der Waals surface area contributed by atoms with Crippen LogP contribution < -0.4 is 10.1 Å². The van der Waals surface area contributed by atoms with Crippen LogP contribution in [-0.4, -0.2) is 24.1 Å². The van der Waals surface area contributed by atoms with Gasteiger partial charge in [-0.1, -0.05) is 17.7 Å². The van der Waals surface area contributed by atoms with E-state index in [2.05, 4.69) is 5.32 Å². The lowest BCUT2D eigenvalue weighted by Crippen LogP contribution is -2.33. The Morgan fingerprint density at radius 3 is 2.48 bits per heavy atom. The Morgan fingerprint density at radius 1 is 1.30 bits per heavy atom. The standard InChI is InChI=1S/C16H16ClNO5/c1-8-6-9(2)23-14(8)15(19)18-13(16(20)21)10-4-5-12(22-3)11(17)7-10/h4-7,13H,1-3H3,(H,18,19)(H,20,21)/t13-/m0/s1. The molecule has 6 nitrogen and oxygen atoms in total. The minimum absolute atomic E-state index is 0.0911. The summed E-state index contributed by atoms with van der Waals surface area (Å²) in [6, 6.07) is 4.97. The number of carboxylic acid groups (broad SMARTS) is 1. The Kier molecular flexibility index (Phi) is 4.95. The van der Waals surface area contributed by atoms with E-state index in [0.29, 0.717) is 22.6 Å². The molecule has 2 rings (SSSR count). The van der Waals surface area contributed by atoms with Gasteiger partial charge in [-0.2, -0.15) is 0 Å². The molecule has 0 saturated heterocycles. The van der Waals surface area contributed by atoms with Crippen LogP contribution in [0.5, 0.6) is 5.75 Å². The number of benzene rings is 1. The number of aliphatic carboxylic acids is 1. The summed E-state index contributed by atoms with van der Waals surface area (Å²) in [5, 5.41) is 12.1. The van der Waals surface area contributed by atoms with Crippen molar-refractivity contribution in [3.05, 3.63) is 51.9 Å². The van der Waals surface area contributed by atoms with Gasteiger partial charge in [-0.15, -0.1) is 0 Å². The number of aryl methyl sites for hydroxylation is 2. The van der Waals surface area contributed by atoms with E-state index in [9.17, 15) is 14.7 Å². The number of carbonyl (C=O) groups excluding carboxylic acids is 1. The summed E-state index contributed by atoms with van der Waals surface area (Å²) in [5.74, 6) is -0.723. The molecular formula is C16H16ClNO5. The van der Waals surface area contributed by atoms with Crippen molar-refractivity contribution in [3.8, 4) is 5.75 Å². The van der Waals surface area contributed by atoms with Crippen molar-refractivity contribution in [3.63, 3.8) is 0 Å². The molecule has 1 atom stereocenters. The molecule has 0 aliphatic heterocycles. The zero-order valence-corrected chi connectivity index (χ0v) is 13.6. The molecule has 2 aromatic rings. The van der Waals surface area contributed by atoms with E-state index < -0.39 is 17.9 Å². The fraction of sp³-hybridized carbons (Fsp3) is 0.250. The van der Waals surface area contributed by atoms with Gasteiger partial charge in [0.15, 0.2) is 11.8 Å². The quantitative estimate of drug-likeness (QED) is 0.875. The van der Waals surface area contributed by atoms with Crippen LogP contribution in [0.25, 0.3) is 0 Å². The number of amides is 1. The monoisotopic (exact) mass is 337 g/mol. The van der Waals surface area contributed by atoms with Gasteiger partial charge in [-0.05, 0) is 37.6 Å². The molecule has 1 aromatic heterocycles. The van der Waals surface area contributed by atoms with Crippen molar-refractivity contribution in [2.75, 3.05) is 7.11 Å². The number of halogens is 1. The van der Waals surface area contributed by atoms with Crippen LogP contribution in [-0.2, 0) is 4.79 Å². The van der Waals surface area contributed by atoms with Crippen LogP contribution in [0.4, 0.5) is 0 Å². The van der Waals surface area contributed by atoms with E-state index in [0.717, 1.165) is 0 Å². The Morgan fingerprint density at radius 2 is 2.00 bits per heavy atom. The highest BCUT2D eigenvalue weighted by molar-refractivity contribution is 6.32. The molecule has 1 aromatic carbocycles. The first-order valence-corrected chi connectivity index (χ1v) is 7.15. The number of hydrogen-bond donors (Lipinski definition) is 2. The number of ether oxygens (including phenoxy) is 1. The minimum Gasteiger partial charge on any atom is -0.495 e. The third-order valence-electron chi connectivity index (χ3n) is 3.28. The van der Waals surface area contributed by atoms with E-state index in [1.54, 1.807) is 26.0 Å². The van der Waals surface area contributed by atoms with Gasteiger partial charge >= 0.3 is 5.97 Å². The maximum atomic E-state index is 12.2. The van der Waals surface area contributed by atoms with Gasteiger partial charge in [0.05, 0.1) is 12.1 Å². The Balaban J connectivity index is 2.29. The number of methoxy groups -OCH3 is 1. The summed E-state index contributed by atoms with van der Waals surface area (Å²) in [7, 11) is 1.46. The lowest BCUT2D eigenvalue weighted by Gasteiger charge is -2.15. The zero-order chi connectivity index (χ0) is 17.1. The summed E-state index contributed by atoms with van der Waals surface area (Å²) in [6.45, 7) is 3.42. The number of rotatable bonds is 5. The number of hydrogen-bond acceptors (Lipinski definition) is 4. The van der Waals surface area contributed by atoms with Gasteiger partial charge < -0.3 is 19.6 Å². The topological polar surface area (TPSA) is 88.8 Å². The number of nitrogens with one attached hydrogen (secondary N) is 1. The average Bonchev–Trinajstić information content (AvgIpc) is 2.83. The maximum Gasteiger partial charge on any atom is 0.330 e. The molecule has 0 bridgehead atoms. The lowest BCUT2D eigenvalue weighted by molar-refractivity contribution is -0.139. The normalized spacial score (nSPS) is 11.8.